The first-order chi connectivity index (χ1) is 17.5. The molecule has 0 spiro atoms. The summed E-state index contributed by atoms with van der Waals surface area (Å²) in [4.78, 5) is 68.6. The van der Waals surface area contributed by atoms with E-state index in [9.17, 15) is 29.1 Å². The fourth-order valence-corrected chi connectivity index (χ4v) is 3.46. The molecule has 4 amide bonds. The molecule has 0 fully saturated rings. The summed E-state index contributed by atoms with van der Waals surface area (Å²) in [6.07, 6.45) is 4.38. The minimum Gasteiger partial charge on any atom is -0.480 e. The van der Waals surface area contributed by atoms with Crippen molar-refractivity contribution in [2.24, 2.45) is 23.1 Å². The summed E-state index contributed by atoms with van der Waals surface area (Å²) in [6.45, 7) is 4.05. The van der Waals surface area contributed by atoms with Crippen LogP contribution in [0.15, 0.2) is 12.5 Å². The summed E-state index contributed by atoms with van der Waals surface area (Å²) < 4.78 is 0. The molecule has 14 heteroatoms. The molecule has 1 aromatic rings. The number of unbranched alkanes of at least 4 members (excludes halogenated alkanes) is 1. The number of imidazole rings is 1. The Morgan fingerprint density at radius 2 is 1.62 bits per heavy atom. The highest BCUT2D eigenvalue weighted by atomic mass is 16.4. The quantitative estimate of drug-likeness (QED) is 0.101. The van der Waals surface area contributed by atoms with Gasteiger partial charge in [-0.25, -0.2) is 9.78 Å². The number of carbonyl (C=O) groups excluding carboxylic acids is 4. The number of aromatic amines is 1. The Balaban J connectivity index is 3.08. The lowest BCUT2D eigenvalue weighted by Gasteiger charge is -2.26. The lowest BCUT2D eigenvalue weighted by atomic mass is 9.98. The average molecular weight is 525 g/mol. The third-order valence-corrected chi connectivity index (χ3v) is 6.05. The number of nitrogens with two attached hydrogens (primary N) is 3. The Morgan fingerprint density at radius 1 is 1.00 bits per heavy atom. The van der Waals surface area contributed by atoms with Gasteiger partial charge >= 0.3 is 5.97 Å². The van der Waals surface area contributed by atoms with Gasteiger partial charge in [-0.2, -0.15) is 0 Å². The first kappa shape index (κ1) is 31.5. The molecule has 5 atom stereocenters. The van der Waals surface area contributed by atoms with Crippen molar-refractivity contribution in [2.75, 3.05) is 6.54 Å². The van der Waals surface area contributed by atoms with E-state index in [0.717, 1.165) is 0 Å². The number of nitrogens with one attached hydrogen (secondary N) is 4. The van der Waals surface area contributed by atoms with Gasteiger partial charge in [0.25, 0.3) is 0 Å². The van der Waals surface area contributed by atoms with Crippen LogP contribution in [0.1, 0.15) is 58.1 Å². The second kappa shape index (κ2) is 16.3. The van der Waals surface area contributed by atoms with Gasteiger partial charge in [0.15, 0.2) is 0 Å². The van der Waals surface area contributed by atoms with Gasteiger partial charge in [-0.05, 0) is 38.1 Å². The summed E-state index contributed by atoms with van der Waals surface area (Å²) in [7, 11) is 0. The normalized spacial score (nSPS) is 15.0. The van der Waals surface area contributed by atoms with E-state index in [4.69, 9.17) is 17.2 Å². The maximum Gasteiger partial charge on any atom is 0.326 e. The highest BCUT2D eigenvalue weighted by Crippen LogP contribution is 2.08. The molecule has 0 aliphatic carbocycles. The number of aliphatic carboxylic acids is 1. The van der Waals surface area contributed by atoms with E-state index in [1.54, 1.807) is 6.92 Å². The Hall–Kier alpha value is -3.52. The van der Waals surface area contributed by atoms with Gasteiger partial charge in [-0.1, -0.05) is 20.3 Å². The van der Waals surface area contributed by atoms with Crippen LogP contribution in [-0.4, -0.2) is 75.4 Å². The lowest BCUT2D eigenvalue weighted by Crippen LogP contribution is -2.58. The van der Waals surface area contributed by atoms with Gasteiger partial charge in [0, 0.05) is 24.7 Å². The summed E-state index contributed by atoms with van der Waals surface area (Å²) in [5.74, 6) is -4.13. The van der Waals surface area contributed by atoms with Crippen molar-refractivity contribution in [3.8, 4) is 0 Å². The Bertz CT molecular complexity index is 894. The number of primary amides is 1. The van der Waals surface area contributed by atoms with E-state index in [1.165, 1.54) is 12.5 Å². The van der Waals surface area contributed by atoms with Crippen LogP contribution in [0.4, 0.5) is 0 Å². The number of hydrogen-bond acceptors (Lipinski definition) is 8. The first-order valence-corrected chi connectivity index (χ1v) is 12.3. The standard InChI is InChI=1S/C23H40N8O6/c1-3-13(2)19(26)22(35)29-15(7-8-18(25)32)20(33)31-17(10-14-11-27-12-28-14)21(34)30-16(23(36)37)6-4-5-9-24/h11-13,15-17,19H,3-10,24,26H2,1-2H3,(H2,25,32)(H,27,28)(H,29,35)(H,30,34)(H,31,33)(H,36,37). The number of amides is 4. The maximum atomic E-state index is 13.2. The molecule has 0 aromatic carbocycles. The molecule has 37 heavy (non-hydrogen) atoms. The summed E-state index contributed by atoms with van der Waals surface area (Å²) >= 11 is 0. The predicted octanol–water partition coefficient (Wildman–Crippen LogP) is -1.74. The summed E-state index contributed by atoms with van der Waals surface area (Å²) in [6, 6.07) is -4.48. The zero-order valence-electron chi connectivity index (χ0n) is 21.4. The fourth-order valence-electron chi connectivity index (χ4n) is 3.46. The van der Waals surface area contributed by atoms with Gasteiger partial charge in [0.05, 0.1) is 12.4 Å². The molecular formula is C23H40N8O6. The number of rotatable bonds is 18. The number of carboxylic acids is 1. The minimum atomic E-state index is -1.22. The molecule has 5 unspecified atom stereocenters. The number of carboxylic acid groups (broad SMARTS) is 1. The van der Waals surface area contributed by atoms with Crippen LogP contribution in [0, 0.1) is 5.92 Å². The topological polar surface area (TPSA) is 248 Å². The van der Waals surface area contributed by atoms with Crippen molar-refractivity contribution in [2.45, 2.75) is 83.0 Å². The van der Waals surface area contributed by atoms with E-state index in [0.29, 0.717) is 31.5 Å². The average Bonchev–Trinajstić information content (AvgIpc) is 3.37. The largest absolute Gasteiger partial charge is 0.480 e. The van der Waals surface area contributed by atoms with Gasteiger partial charge < -0.3 is 43.2 Å². The van der Waals surface area contributed by atoms with E-state index in [-0.39, 0.29) is 31.6 Å². The second-order valence-corrected chi connectivity index (χ2v) is 9.00. The fraction of sp³-hybridized carbons (Fsp3) is 0.652. The van der Waals surface area contributed by atoms with Crippen molar-refractivity contribution in [3.63, 3.8) is 0 Å². The van der Waals surface area contributed by atoms with Crippen LogP contribution < -0.4 is 33.2 Å². The van der Waals surface area contributed by atoms with Crippen molar-refractivity contribution >= 4 is 29.6 Å². The smallest absolute Gasteiger partial charge is 0.326 e. The van der Waals surface area contributed by atoms with Gasteiger partial charge in [-0.15, -0.1) is 0 Å². The zero-order chi connectivity index (χ0) is 28.0. The van der Waals surface area contributed by atoms with Crippen molar-refractivity contribution in [1.82, 2.24) is 25.9 Å². The number of hydrogen-bond donors (Lipinski definition) is 8. The second-order valence-electron chi connectivity index (χ2n) is 9.00. The molecule has 0 aliphatic heterocycles. The molecule has 208 valence electrons. The van der Waals surface area contributed by atoms with E-state index in [1.807, 2.05) is 6.92 Å². The third-order valence-electron chi connectivity index (χ3n) is 6.05. The predicted molar refractivity (Wildman–Crippen MR) is 134 cm³/mol. The Labute approximate surface area is 215 Å². The SMILES string of the molecule is CCC(C)C(N)C(=O)NC(CCC(N)=O)C(=O)NC(Cc1cnc[nH]1)C(=O)NC(CCCCN)C(=O)O. The summed E-state index contributed by atoms with van der Waals surface area (Å²) in [5, 5.41) is 17.1. The van der Waals surface area contributed by atoms with E-state index < -0.39 is 53.8 Å². The van der Waals surface area contributed by atoms with Crippen LogP contribution >= 0.6 is 0 Å². The van der Waals surface area contributed by atoms with Crippen LogP contribution in [0.2, 0.25) is 0 Å². The van der Waals surface area contributed by atoms with Crippen LogP contribution in [0.5, 0.6) is 0 Å². The van der Waals surface area contributed by atoms with Crippen LogP contribution in [0.25, 0.3) is 0 Å². The monoisotopic (exact) mass is 524 g/mol. The minimum absolute atomic E-state index is 0.0322. The first-order valence-electron chi connectivity index (χ1n) is 12.3. The van der Waals surface area contributed by atoms with Crippen molar-refractivity contribution < 1.29 is 29.1 Å². The molecule has 1 rings (SSSR count). The number of H-pyrrole nitrogens is 1. The number of aromatic nitrogens is 2. The molecule has 1 aromatic heterocycles. The Morgan fingerprint density at radius 3 is 2.16 bits per heavy atom. The van der Waals surface area contributed by atoms with E-state index in [2.05, 4.69) is 25.9 Å². The maximum absolute atomic E-state index is 13.2. The van der Waals surface area contributed by atoms with Crippen LogP contribution in [0.3, 0.4) is 0 Å². The van der Waals surface area contributed by atoms with Crippen molar-refractivity contribution in [1.29, 1.82) is 0 Å². The molecule has 11 N–H and O–H groups in total. The number of carbonyl (C=O) groups is 5. The Kier molecular flexibility index (Phi) is 13.9. The molecule has 0 bridgehead atoms. The molecule has 0 saturated heterocycles. The highest BCUT2D eigenvalue weighted by Gasteiger charge is 2.31. The van der Waals surface area contributed by atoms with E-state index >= 15 is 0 Å². The lowest BCUT2D eigenvalue weighted by molar-refractivity contribution is -0.142. The molecule has 1 heterocycles. The van der Waals surface area contributed by atoms with Gasteiger partial charge in [-0.3, -0.25) is 19.2 Å². The molecule has 0 aliphatic rings. The molecular weight excluding hydrogens is 484 g/mol. The highest BCUT2D eigenvalue weighted by molar-refractivity contribution is 5.94. The molecule has 0 saturated carbocycles. The van der Waals surface area contributed by atoms with Gasteiger partial charge in [0.1, 0.15) is 18.1 Å². The molecule has 0 radical (unpaired) electrons. The van der Waals surface area contributed by atoms with Crippen LogP contribution in [-0.2, 0) is 30.4 Å². The molecule has 14 nitrogen and oxygen atoms in total. The summed E-state index contributed by atoms with van der Waals surface area (Å²) in [5.41, 5.74) is 17.2. The third kappa shape index (κ3) is 11.4. The van der Waals surface area contributed by atoms with Gasteiger partial charge in [0.2, 0.25) is 23.6 Å². The zero-order valence-corrected chi connectivity index (χ0v) is 21.4. The van der Waals surface area contributed by atoms with Crippen molar-refractivity contribution in [3.05, 3.63) is 18.2 Å². The number of nitrogens with zero attached hydrogens (tertiary/aromatic N) is 1.